The van der Waals surface area contributed by atoms with Gasteiger partial charge in [-0.3, -0.25) is 19.6 Å². The molecule has 13 heteroatoms. The Morgan fingerprint density at radius 1 is 1.04 bits per heavy atom. The number of carbonyl (C=O) groups is 2. The van der Waals surface area contributed by atoms with Gasteiger partial charge in [-0.2, -0.15) is 5.10 Å². The van der Waals surface area contributed by atoms with E-state index in [0.29, 0.717) is 62.9 Å². The number of aromatic amines is 1. The number of carbonyl (C=O) groups excluding carboxylic acids is 2. The minimum absolute atomic E-state index is 0.0333. The standard InChI is InChI=1S/C32H32FN9O2S/c1-20-17-41(32-36-16-27(45-32)30-34-10-2-11-35-30)13-14-42(20)28(43)19-40-12-9-22(18-40)31(44)37-24-7-8-26-25(15-24)29(39-38-26)21-3-5-23(33)6-4-21/h2-8,10-11,15-16,20,22H,9,12-14,17-19H2,1H3,(H,37,44)(H,38,39)/t20-,22?/m1/s1. The van der Waals surface area contributed by atoms with Gasteiger partial charge in [-0.25, -0.2) is 19.3 Å². The van der Waals surface area contributed by atoms with E-state index in [0.717, 1.165) is 26.5 Å². The summed E-state index contributed by atoms with van der Waals surface area (Å²) in [5, 5.41) is 12.2. The summed E-state index contributed by atoms with van der Waals surface area (Å²) >= 11 is 1.56. The molecule has 2 fully saturated rings. The number of piperazine rings is 1. The number of H-pyrrole nitrogens is 1. The van der Waals surface area contributed by atoms with Crippen LogP contribution < -0.4 is 10.2 Å². The van der Waals surface area contributed by atoms with Crippen LogP contribution >= 0.6 is 11.3 Å². The lowest BCUT2D eigenvalue weighted by Crippen LogP contribution is -2.56. The number of hydrogen-bond donors (Lipinski definition) is 2. The van der Waals surface area contributed by atoms with Gasteiger partial charge in [0.25, 0.3) is 0 Å². The minimum Gasteiger partial charge on any atom is -0.344 e. The normalized spacial score (nSPS) is 18.9. The summed E-state index contributed by atoms with van der Waals surface area (Å²) in [6, 6.07) is 13.6. The van der Waals surface area contributed by atoms with Crippen molar-refractivity contribution in [2.45, 2.75) is 19.4 Å². The zero-order valence-electron chi connectivity index (χ0n) is 24.7. The lowest BCUT2D eigenvalue weighted by atomic mass is 10.1. The summed E-state index contributed by atoms with van der Waals surface area (Å²) < 4.78 is 13.4. The van der Waals surface area contributed by atoms with E-state index in [1.54, 1.807) is 48.1 Å². The number of benzene rings is 2. The molecule has 3 aromatic heterocycles. The van der Waals surface area contributed by atoms with Crippen molar-refractivity contribution in [1.82, 2.24) is 34.9 Å². The van der Waals surface area contributed by atoms with E-state index < -0.39 is 0 Å². The molecule has 2 saturated heterocycles. The van der Waals surface area contributed by atoms with Gasteiger partial charge in [-0.1, -0.05) is 11.3 Å². The molecule has 0 bridgehead atoms. The number of fused-ring (bicyclic) bond motifs is 1. The van der Waals surface area contributed by atoms with Crippen molar-refractivity contribution in [2.24, 2.45) is 5.92 Å². The third-order valence-electron chi connectivity index (χ3n) is 8.45. The molecule has 0 spiro atoms. The van der Waals surface area contributed by atoms with Gasteiger partial charge in [0.15, 0.2) is 11.0 Å². The maximum Gasteiger partial charge on any atom is 0.237 e. The number of likely N-dealkylation sites (tertiary alicyclic amines) is 1. The highest BCUT2D eigenvalue weighted by Crippen LogP contribution is 2.31. The Morgan fingerprint density at radius 3 is 2.67 bits per heavy atom. The van der Waals surface area contributed by atoms with Gasteiger partial charge in [0.05, 0.1) is 34.7 Å². The lowest BCUT2D eigenvalue weighted by molar-refractivity contribution is -0.134. The van der Waals surface area contributed by atoms with Gasteiger partial charge in [0.1, 0.15) is 5.82 Å². The smallest absolute Gasteiger partial charge is 0.237 e. The largest absolute Gasteiger partial charge is 0.344 e. The molecule has 7 rings (SSSR count). The van der Waals surface area contributed by atoms with E-state index >= 15 is 0 Å². The molecule has 2 amide bonds. The molecule has 0 radical (unpaired) electrons. The van der Waals surface area contributed by atoms with Crippen molar-refractivity contribution in [2.75, 3.05) is 49.5 Å². The molecular weight excluding hydrogens is 593 g/mol. The second-order valence-corrected chi connectivity index (χ2v) is 12.5. The van der Waals surface area contributed by atoms with Crippen LogP contribution in [-0.2, 0) is 9.59 Å². The summed E-state index contributed by atoms with van der Waals surface area (Å²) in [6.45, 7) is 5.60. The molecule has 45 heavy (non-hydrogen) atoms. The average molecular weight is 626 g/mol. The Bertz CT molecular complexity index is 1830. The van der Waals surface area contributed by atoms with Crippen LogP contribution in [0.25, 0.3) is 32.9 Å². The molecule has 1 unspecified atom stereocenters. The molecule has 230 valence electrons. The molecule has 0 aliphatic carbocycles. The summed E-state index contributed by atoms with van der Waals surface area (Å²) in [6.07, 6.45) is 5.93. The fourth-order valence-electron chi connectivity index (χ4n) is 6.08. The maximum atomic E-state index is 13.4. The summed E-state index contributed by atoms with van der Waals surface area (Å²) in [4.78, 5) is 46.9. The quantitative estimate of drug-likeness (QED) is 0.275. The van der Waals surface area contributed by atoms with E-state index in [2.05, 4.69) is 47.2 Å². The van der Waals surface area contributed by atoms with Crippen LogP contribution in [0.3, 0.4) is 0 Å². The van der Waals surface area contributed by atoms with Gasteiger partial charge in [0.2, 0.25) is 11.8 Å². The first kappa shape index (κ1) is 29.0. The van der Waals surface area contributed by atoms with Gasteiger partial charge in [-0.15, -0.1) is 0 Å². The highest BCUT2D eigenvalue weighted by atomic mass is 32.1. The number of amides is 2. The predicted molar refractivity (Wildman–Crippen MR) is 171 cm³/mol. The van der Waals surface area contributed by atoms with Crippen LogP contribution in [0.4, 0.5) is 15.2 Å². The number of thiazole rings is 1. The van der Waals surface area contributed by atoms with Gasteiger partial charge >= 0.3 is 0 Å². The summed E-state index contributed by atoms with van der Waals surface area (Å²) in [7, 11) is 0. The van der Waals surface area contributed by atoms with Crippen LogP contribution in [0.1, 0.15) is 13.3 Å². The maximum absolute atomic E-state index is 13.4. The first-order valence-electron chi connectivity index (χ1n) is 15.0. The molecule has 0 saturated carbocycles. The topological polar surface area (TPSA) is 123 Å². The van der Waals surface area contributed by atoms with Crippen molar-refractivity contribution >= 4 is 44.9 Å². The van der Waals surface area contributed by atoms with Crippen LogP contribution in [-0.4, -0.2) is 92.1 Å². The number of halogens is 1. The Labute approximate surface area is 263 Å². The minimum atomic E-state index is -0.309. The zero-order valence-corrected chi connectivity index (χ0v) is 25.5. The summed E-state index contributed by atoms with van der Waals surface area (Å²) in [5.74, 6) is 0.157. The molecular formula is C32H32FN9O2S. The molecule has 2 aromatic carbocycles. The van der Waals surface area contributed by atoms with E-state index in [4.69, 9.17) is 0 Å². The van der Waals surface area contributed by atoms with Crippen LogP contribution in [0.2, 0.25) is 0 Å². The molecule has 2 N–H and O–H groups in total. The highest BCUT2D eigenvalue weighted by molar-refractivity contribution is 7.18. The van der Waals surface area contributed by atoms with Crippen molar-refractivity contribution in [3.8, 4) is 22.0 Å². The first-order valence-corrected chi connectivity index (χ1v) is 15.8. The van der Waals surface area contributed by atoms with Crippen molar-refractivity contribution in [3.63, 3.8) is 0 Å². The van der Waals surface area contributed by atoms with Crippen molar-refractivity contribution in [3.05, 3.63) is 72.9 Å². The monoisotopic (exact) mass is 625 g/mol. The number of anilines is 2. The average Bonchev–Trinajstić information content (AvgIpc) is 3.82. The number of hydrogen-bond acceptors (Lipinski definition) is 9. The molecule has 5 aromatic rings. The Hall–Kier alpha value is -4.75. The van der Waals surface area contributed by atoms with Gasteiger partial charge in [0, 0.05) is 61.3 Å². The Kier molecular flexibility index (Phi) is 7.94. The number of nitrogens with one attached hydrogen (secondary N) is 2. The lowest BCUT2D eigenvalue weighted by Gasteiger charge is -2.40. The van der Waals surface area contributed by atoms with Crippen molar-refractivity contribution < 1.29 is 14.0 Å². The fourth-order valence-corrected chi connectivity index (χ4v) is 6.98. The van der Waals surface area contributed by atoms with E-state index in [1.165, 1.54) is 12.1 Å². The fraction of sp³-hybridized carbons (Fsp3) is 0.312. The van der Waals surface area contributed by atoms with Crippen molar-refractivity contribution in [1.29, 1.82) is 0 Å². The predicted octanol–water partition coefficient (Wildman–Crippen LogP) is 4.28. The first-order chi connectivity index (χ1) is 21.9. The zero-order chi connectivity index (χ0) is 30.9. The second kappa shape index (κ2) is 12.3. The van der Waals surface area contributed by atoms with E-state index in [1.807, 2.05) is 23.1 Å². The van der Waals surface area contributed by atoms with Gasteiger partial charge < -0.3 is 15.1 Å². The molecule has 5 heterocycles. The molecule has 11 nitrogen and oxygen atoms in total. The van der Waals surface area contributed by atoms with Gasteiger partial charge in [-0.05, 0) is 68.4 Å². The molecule has 2 aliphatic heterocycles. The van der Waals surface area contributed by atoms with Crippen LogP contribution in [0, 0.1) is 11.7 Å². The highest BCUT2D eigenvalue weighted by Gasteiger charge is 2.33. The van der Waals surface area contributed by atoms with E-state index in [9.17, 15) is 14.0 Å². The summed E-state index contributed by atoms with van der Waals surface area (Å²) in [5.41, 5.74) is 2.97. The molecule has 2 aliphatic rings. The molecule has 2 atom stereocenters. The third-order valence-corrected chi connectivity index (χ3v) is 9.50. The number of rotatable bonds is 7. The Balaban J connectivity index is 0.923. The van der Waals surface area contributed by atoms with Crippen LogP contribution in [0.15, 0.2) is 67.1 Å². The SMILES string of the molecule is C[C@@H]1CN(c2ncc(-c3ncccn3)s2)CCN1C(=O)CN1CCC(C(=O)Nc2ccc3[nH]nc(-c4ccc(F)cc4)c3c2)C1. The van der Waals surface area contributed by atoms with Crippen LogP contribution in [0.5, 0.6) is 0 Å². The third kappa shape index (κ3) is 6.13. The number of nitrogens with zero attached hydrogens (tertiary/aromatic N) is 7. The van der Waals surface area contributed by atoms with E-state index in [-0.39, 0.29) is 29.6 Å². The second-order valence-electron chi connectivity index (χ2n) is 11.5. The number of aromatic nitrogens is 5. The Morgan fingerprint density at radius 2 is 1.87 bits per heavy atom.